The number of carbonyl (C=O) groups excluding carboxylic acids is 1. The van der Waals surface area contributed by atoms with Gasteiger partial charge < -0.3 is 24.0 Å². The number of rotatable bonds is 4. The summed E-state index contributed by atoms with van der Waals surface area (Å²) in [6, 6.07) is 9.63. The van der Waals surface area contributed by atoms with Crippen LogP contribution in [0.4, 0.5) is 5.82 Å². The normalized spacial score (nSPS) is 16.0. The summed E-state index contributed by atoms with van der Waals surface area (Å²) in [6.07, 6.45) is 0. The van der Waals surface area contributed by atoms with Crippen molar-refractivity contribution in [2.75, 3.05) is 51.6 Å². The van der Waals surface area contributed by atoms with Crippen molar-refractivity contribution in [2.45, 2.75) is 0 Å². The molecule has 0 unspecified atom stereocenters. The molecule has 8 heteroatoms. The zero-order chi connectivity index (χ0) is 17.9. The maximum absolute atomic E-state index is 11.9. The highest BCUT2D eigenvalue weighted by Crippen LogP contribution is 2.35. The van der Waals surface area contributed by atoms with Gasteiger partial charge in [-0.1, -0.05) is 0 Å². The summed E-state index contributed by atoms with van der Waals surface area (Å²) in [5.74, 6) is 2.31. The minimum Gasteiger partial charge on any atom is -0.454 e. The van der Waals surface area contributed by atoms with Crippen molar-refractivity contribution >= 4 is 11.7 Å². The topological polar surface area (TPSA) is 77.0 Å². The number of fused-ring (bicyclic) bond motifs is 1. The van der Waals surface area contributed by atoms with E-state index in [1.165, 1.54) is 7.11 Å². The van der Waals surface area contributed by atoms with Gasteiger partial charge in [0.1, 0.15) is 6.61 Å². The van der Waals surface area contributed by atoms with E-state index in [1.54, 1.807) is 0 Å². The predicted molar refractivity (Wildman–Crippen MR) is 94.3 cm³/mol. The Bertz CT molecular complexity index is 788. The molecule has 0 saturated carbocycles. The summed E-state index contributed by atoms with van der Waals surface area (Å²) < 4.78 is 15.6. The number of hydrogen-bond donors (Lipinski definition) is 0. The lowest BCUT2D eigenvalue weighted by atomic mass is 10.1. The molecular weight excluding hydrogens is 336 g/mol. The van der Waals surface area contributed by atoms with E-state index in [4.69, 9.17) is 14.2 Å². The van der Waals surface area contributed by atoms with E-state index in [1.807, 2.05) is 35.2 Å². The molecule has 0 aliphatic carbocycles. The number of nitrogens with zero attached hydrogens (tertiary/aromatic N) is 4. The smallest absolute Gasteiger partial charge is 0.248 e. The largest absolute Gasteiger partial charge is 0.454 e. The van der Waals surface area contributed by atoms with E-state index in [9.17, 15) is 4.79 Å². The maximum Gasteiger partial charge on any atom is 0.248 e. The zero-order valence-corrected chi connectivity index (χ0v) is 14.6. The van der Waals surface area contributed by atoms with Crippen molar-refractivity contribution in [3.8, 4) is 22.8 Å². The maximum atomic E-state index is 11.9. The Morgan fingerprint density at radius 2 is 1.88 bits per heavy atom. The molecule has 0 spiro atoms. The molecule has 2 aromatic rings. The van der Waals surface area contributed by atoms with Crippen LogP contribution < -0.4 is 14.4 Å². The minimum absolute atomic E-state index is 0.0244. The predicted octanol–water partition coefficient (Wildman–Crippen LogP) is 1.17. The number of methoxy groups -OCH3 is 1. The molecule has 1 saturated heterocycles. The summed E-state index contributed by atoms with van der Waals surface area (Å²) in [5.41, 5.74) is 1.71. The summed E-state index contributed by atoms with van der Waals surface area (Å²) in [4.78, 5) is 15.8. The Hall–Kier alpha value is -2.87. The van der Waals surface area contributed by atoms with Crippen LogP contribution in [0.15, 0.2) is 30.3 Å². The number of carbonyl (C=O) groups is 1. The van der Waals surface area contributed by atoms with Gasteiger partial charge in [-0.05, 0) is 30.3 Å². The Morgan fingerprint density at radius 1 is 1.08 bits per heavy atom. The quantitative estimate of drug-likeness (QED) is 0.814. The van der Waals surface area contributed by atoms with Crippen LogP contribution in [0.2, 0.25) is 0 Å². The van der Waals surface area contributed by atoms with Gasteiger partial charge in [0.05, 0.1) is 5.69 Å². The highest BCUT2D eigenvalue weighted by atomic mass is 16.7. The highest BCUT2D eigenvalue weighted by Gasteiger charge is 2.22. The first-order valence-electron chi connectivity index (χ1n) is 8.50. The minimum atomic E-state index is 0.0244. The molecule has 0 radical (unpaired) electrons. The van der Waals surface area contributed by atoms with Gasteiger partial charge in [-0.3, -0.25) is 4.79 Å². The number of aromatic nitrogens is 2. The summed E-state index contributed by atoms with van der Waals surface area (Å²) >= 11 is 0. The number of piperazine rings is 1. The molecule has 1 fully saturated rings. The van der Waals surface area contributed by atoms with Gasteiger partial charge in [0.25, 0.3) is 0 Å². The molecule has 26 heavy (non-hydrogen) atoms. The number of benzene rings is 1. The fraction of sp³-hybridized carbons (Fsp3) is 0.389. The molecule has 1 aromatic heterocycles. The molecule has 4 rings (SSSR count). The van der Waals surface area contributed by atoms with Crippen LogP contribution in [0.5, 0.6) is 11.5 Å². The van der Waals surface area contributed by atoms with Crippen LogP contribution in [0.1, 0.15) is 0 Å². The van der Waals surface area contributed by atoms with Gasteiger partial charge >= 0.3 is 0 Å². The van der Waals surface area contributed by atoms with Crippen LogP contribution in [0.3, 0.4) is 0 Å². The molecule has 2 aliphatic heterocycles. The van der Waals surface area contributed by atoms with Crippen molar-refractivity contribution in [1.29, 1.82) is 0 Å². The Labute approximate surface area is 151 Å². The van der Waals surface area contributed by atoms with Crippen molar-refractivity contribution < 1.29 is 19.0 Å². The highest BCUT2D eigenvalue weighted by molar-refractivity contribution is 5.77. The second-order valence-corrected chi connectivity index (χ2v) is 6.15. The molecule has 0 bridgehead atoms. The van der Waals surface area contributed by atoms with Crippen molar-refractivity contribution in [3.63, 3.8) is 0 Å². The molecule has 0 atom stereocenters. The third-order valence-corrected chi connectivity index (χ3v) is 4.54. The van der Waals surface area contributed by atoms with Gasteiger partial charge in [0.15, 0.2) is 17.3 Å². The monoisotopic (exact) mass is 356 g/mol. The van der Waals surface area contributed by atoms with Gasteiger partial charge in [0.2, 0.25) is 12.7 Å². The Kier molecular flexibility index (Phi) is 4.57. The van der Waals surface area contributed by atoms with Crippen LogP contribution in [-0.2, 0) is 9.53 Å². The molecule has 2 aliphatic rings. The fourth-order valence-electron chi connectivity index (χ4n) is 3.10. The number of hydrogen-bond acceptors (Lipinski definition) is 7. The molecule has 0 N–H and O–H groups in total. The van der Waals surface area contributed by atoms with E-state index in [0.29, 0.717) is 13.1 Å². The molecule has 1 aromatic carbocycles. The van der Waals surface area contributed by atoms with Crippen LogP contribution in [0, 0.1) is 0 Å². The lowest BCUT2D eigenvalue weighted by Gasteiger charge is -2.35. The second kappa shape index (κ2) is 7.17. The van der Waals surface area contributed by atoms with Gasteiger partial charge in [-0.2, -0.15) is 0 Å². The number of ether oxygens (including phenoxy) is 3. The summed E-state index contributed by atoms with van der Waals surface area (Å²) in [6.45, 7) is 3.16. The van der Waals surface area contributed by atoms with Crippen LogP contribution in [0.25, 0.3) is 11.3 Å². The Balaban J connectivity index is 1.41. The van der Waals surface area contributed by atoms with E-state index in [2.05, 4.69) is 15.1 Å². The standard InChI is InChI=1S/C18H20N4O4/c1-24-11-18(23)22-8-6-21(7-9-22)17-5-3-14(19-20-17)13-2-4-15-16(10-13)26-12-25-15/h2-5,10H,6-9,11-12H2,1H3. The molecule has 8 nitrogen and oxygen atoms in total. The van der Waals surface area contributed by atoms with E-state index in [-0.39, 0.29) is 19.3 Å². The third-order valence-electron chi connectivity index (χ3n) is 4.54. The zero-order valence-electron chi connectivity index (χ0n) is 14.6. The average molecular weight is 356 g/mol. The third kappa shape index (κ3) is 3.28. The Morgan fingerprint density at radius 3 is 2.62 bits per heavy atom. The first-order chi connectivity index (χ1) is 12.7. The van der Waals surface area contributed by atoms with Crippen molar-refractivity contribution in [2.24, 2.45) is 0 Å². The fourth-order valence-corrected chi connectivity index (χ4v) is 3.10. The first-order valence-corrected chi connectivity index (χ1v) is 8.50. The summed E-state index contributed by atoms with van der Waals surface area (Å²) in [5, 5.41) is 8.70. The van der Waals surface area contributed by atoms with E-state index < -0.39 is 0 Å². The SMILES string of the molecule is COCC(=O)N1CCN(c2ccc(-c3ccc4c(c3)OCO4)nn2)CC1. The van der Waals surface area contributed by atoms with Crippen LogP contribution in [-0.4, -0.2) is 67.7 Å². The number of amides is 1. The summed E-state index contributed by atoms with van der Waals surface area (Å²) in [7, 11) is 1.53. The molecule has 1 amide bonds. The second-order valence-electron chi connectivity index (χ2n) is 6.15. The molecular formula is C18H20N4O4. The van der Waals surface area contributed by atoms with Gasteiger partial charge in [-0.15, -0.1) is 10.2 Å². The lowest BCUT2D eigenvalue weighted by molar-refractivity contribution is -0.135. The first kappa shape index (κ1) is 16.6. The lowest BCUT2D eigenvalue weighted by Crippen LogP contribution is -2.50. The van der Waals surface area contributed by atoms with E-state index >= 15 is 0 Å². The number of anilines is 1. The van der Waals surface area contributed by atoms with Gasteiger partial charge in [-0.25, -0.2) is 0 Å². The van der Waals surface area contributed by atoms with Crippen molar-refractivity contribution in [1.82, 2.24) is 15.1 Å². The van der Waals surface area contributed by atoms with Crippen molar-refractivity contribution in [3.05, 3.63) is 30.3 Å². The molecule has 3 heterocycles. The van der Waals surface area contributed by atoms with Gasteiger partial charge in [0, 0.05) is 38.9 Å². The van der Waals surface area contributed by atoms with Crippen LogP contribution >= 0.6 is 0 Å². The average Bonchev–Trinajstić information content (AvgIpc) is 3.16. The van der Waals surface area contributed by atoms with E-state index in [0.717, 1.165) is 41.7 Å². The molecule has 136 valence electrons.